The second-order valence-corrected chi connectivity index (χ2v) is 10.3. The minimum Gasteiger partial charge on any atom is -0.496 e. The van der Waals surface area contributed by atoms with Crippen LogP contribution in [0.25, 0.3) is 0 Å². The zero-order valence-electron chi connectivity index (χ0n) is 22.3. The standard InChI is InChI=1S/C29H42ClO5P/c1-5-8-11-17-33-22-20-25(34-18-12-9-6-2)28(26(21-22)35-19-13-10-7-3)36-29(31)27-23(30)15-14-16-24(27)32-4/h14-16,20-21,36H,5-13,17-19H2,1-4H3. The summed E-state index contributed by atoms with van der Waals surface area (Å²) in [6.45, 7) is 8.28. The molecule has 2 aromatic carbocycles. The molecule has 0 aliphatic rings. The zero-order chi connectivity index (χ0) is 26.2. The van der Waals surface area contributed by atoms with E-state index in [0.29, 0.717) is 53.4 Å². The maximum atomic E-state index is 13.5. The summed E-state index contributed by atoms with van der Waals surface area (Å²) < 4.78 is 23.9. The Hall–Kier alpha value is -1.97. The molecule has 0 aromatic heterocycles. The fourth-order valence-corrected chi connectivity index (χ4v) is 5.16. The topological polar surface area (TPSA) is 54.0 Å². The molecule has 1 unspecified atom stereocenters. The van der Waals surface area contributed by atoms with Gasteiger partial charge in [0, 0.05) is 12.1 Å². The summed E-state index contributed by atoms with van der Waals surface area (Å²) in [4.78, 5) is 13.5. The highest BCUT2D eigenvalue weighted by molar-refractivity contribution is 7.66. The number of ether oxygens (including phenoxy) is 4. The molecule has 0 radical (unpaired) electrons. The number of unbranched alkanes of at least 4 members (excludes halogenated alkanes) is 6. The Kier molecular flexibility index (Phi) is 14.7. The second kappa shape index (κ2) is 17.5. The quantitative estimate of drug-likeness (QED) is 0.134. The van der Waals surface area contributed by atoms with Crippen LogP contribution in [0.3, 0.4) is 0 Å². The van der Waals surface area contributed by atoms with Gasteiger partial charge in [-0.1, -0.05) is 77.0 Å². The number of hydrogen-bond acceptors (Lipinski definition) is 5. The number of halogens is 1. The molecule has 7 heteroatoms. The van der Waals surface area contributed by atoms with Gasteiger partial charge in [0.25, 0.3) is 0 Å². The molecule has 0 bridgehead atoms. The lowest BCUT2D eigenvalue weighted by Gasteiger charge is -2.19. The van der Waals surface area contributed by atoms with E-state index in [1.807, 2.05) is 12.1 Å². The van der Waals surface area contributed by atoms with Crippen molar-refractivity contribution in [2.75, 3.05) is 26.9 Å². The summed E-state index contributed by atoms with van der Waals surface area (Å²) in [5.41, 5.74) is 0.264. The van der Waals surface area contributed by atoms with Crippen molar-refractivity contribution in [1.29, 1.82) is 0 Å². The van der Waals surface area contributed by atoms with Crippen LogP contribution in [0.2, 0.25) is 5.02 Å². The number of carbonyl (C=O) groups excluding carboxylic acids is 1. The average Bonchev–Trinajstić information content (AvgIpc) is 2.88. The SMILES string of the molecule is CCCCCOc1cc(OCCCCC)c(PC(=O)c2c(Cl)cccc2OC)c(OCCCCC)c1. The first kappa shape index (κ1) is 30.3. The third kappa shape index (κ3) is 9.82. The maximum absolute atomic E-state index is 13.5. The van der Waals surface area contributed by atoms with Gasteiger partial charge in [-0.15, -0.1) is 0 Å². The minimum absolute atomic E-state index is 0.120. The second-order valence-electron chi connectivity index (χ2n) is 8.73. The van der Waals surface area contributed by atoms with E-state index in [2.05, 4.69) is 20.8 Å². The lowest BCUT2D eigenvalue weighted by Crippen LogP contribution is -2.14. The Bertz CT molecular complexity index is 901. The molecule has 2 aromatic rings. The van der Waals surface area contributed by atoms with Crippen LogP contribution < -0.4 is 24.3 Å². The Morgan fingerprint density at radius 2 is 1.31 bits per heavy atom. The van der Waals surface area contributed by atoms with Crippen LogP contribution in [0.15, 0.2) is 30.3 Å². The molecule has 0 aliphatic heterocycles. The summed E-state index contributed by atoms with van der Waals surface area (Å²) in [5.74, 6) is 2.45. The van der Waals surface area contributed by atoms with Crippen LogP contribution in [-0.2, 0) is 0 Å². The monoisotopic (exact) mass is 536 g/mol. The van der Waals surface area contributed by atoms with E-state index in [-0.39, 0.29) is 14.1 Å². The van der Waals surface area contributed by atoms with E-state index in [1.165, 1.54) is 0 Å². The molecule has 0 amide bonds. The number of hydrogen-bond donors (Lipinski definition) is 0. The molecule has 200 valence electrons. The Balaban J connectivity index is 2.41. The fourth-order valence-electron chi connectivity index (χ4n) is 3.68. The molecule has 2 rings (SSSR count). The molecular formula is C29H42ClO5P. The Morgan fingerprint density at radius 3 is 1.81 bits per heavy atom. The normalized spacial score (nSPS) is 11.1. The first-order valence-electron chi connectivity index (χ1n) is 13.3. The summed E-state index contributed by atoms with van der Waals surface area (Å²) in [7, 11) is 1.31. The summed E-state index contributed by atoms with van der Waals surface area (Å²) in [5, 5.41) is 1.12. The van der Waals surface area contributed by atoms with Gasteiger partial charge in [-0.3, -0.25) is 4.79 Å². The van der Waals surface area contributed by atoms with Gasteiger partial charge in [0.2, 0.25) is 0 Å². The van der Waals surface area contributed by atoms with Crippen LogP contribution in [0.1, 0.15) is 88.9 Å². The van der Waals surface area contributed by atoms with E-state index in [9.17, 15) is 4.79 Å². The van der Waals surface area contributed by atoms with Crippen LogP contribution in [0.4, 0.5) is 0 Å². The van der Waals surface area contributed by atoms with Crippen molar-refractivity contribution in [3.05, 3.63) is 40.9 Å². The molecule has 0 N–H and O–H groups in total. The molecule has 5 nitrogen and oxygen atoms in total. The van der Waals surface area contributed by atoms with Crippen molar-refractivity contribution < 1.29 is 23.7 Å². The molecular weight excluding hydrogens is 495 g/mol. The van der Waals surface area contributed by atoms with Gasteiger partial charge in [0.05, 0.1) is 42.8 Å². The highest BCUT2D eigenvalue weighted by atomic mass is 35.5. The molecule has 0 saturated carbocycles. The average molecular weight is 537 g/mol. The van der Waals surface area contributed by atoms with Crippen LogP contribution in [0.5, 0.6) is 23.0 Å². The van der Waals surface area contributed by atoms with Gasteiger partial charge in [-0.2, -0.15) is 0 Å². The molecule has 0 heterocycles. The summed E-state index contributed by atoms with van der Waals surface area (Å²) in [6.07, 6.45) is 9.51. The van der Waals surface area contributed by atoms with Gasteiger partial charge >= 0.3 is 0 Å². The van der Waals surface area contributed by atoms with Gasteiger partial charge < -0.3 is 18.9 Å². The van der Waals surface area contributed by atoms with E-state index in [4.69, 9.17) is 30.5 Å². The summed E-state index contributed by atoms with van der Waals surface area (Å²) >= 11 is 6.41. The lowest BCUT2D eigenvalue weighted by atomic mass is 10.2. The molecule has 0 saturated heterocycles. The Labute approximate surface area is 224 Å². The van der Waals surface area contributed by atoms with Crippen molar-refractivity contribution >= 4 is 31.0 Å². The molecule has 0 aliphatic carbocycles. The zero-order valence-corrected chi connectivity index (χ0v) is 24.0. The van der Waals surface area contributed by atoms with Gasteiger partial charge in [-0.25, -0.2) is 0 Å². The van der Waals surface area contributed by atoms with Crippen LogP contribution >= 0.6 is 20.2 Å². The third-order valence-electron chi connectivity index (χ3n) is 5.73. The maximum Gasteiger partial charge on any atom is 0.191 e. The van der Waals surface area contributed by atoms with Crippen molar-refractivity contribution in [3.63, 3.8) is 0 Å². The predicted octanol–water partition coefficient (Wildman–Crippen LogP) is 8.20. The van der Waals surface area contributed by atoms with Crippen molar-refractivity contribution in [2.24, 2.45) is 0 Å². The predicted molar refractivity (Wildman–Crippen MR) is 152 cm³/mol. The van der Waals surface area contributed by atoms with E-state index < -0.39 is 0 Å². The molecule has 0 spiro atoms. The smallest absolute Gasteiger partial charge is 0.191 e. The van der Waals surface area contributed by atoms with Crippen LogP contribution in [-0.4, -0.2) is 32.5 Å². The largest absolute Gasteiger partial charge is 0.496 e. The minimum atomic E-state index is -0.237. The number of methoxy groups -OCH3 is 1. The lowest BCUT2D eigenvalue weighted by molar-refractivity contribution is 0.108. The molecule has 36 heavy (non-hydrogen) atoms. The van der Waals surface area contributed by atoms with Crippen molar-refractivity contribution in [1.82, 2.24) is 0 Å². The van der Waals surface area contributed by atoms with E-state index in [0.717, 1.165) is 63.1 Å². The highest BCUT2D eigenvalue weighted by Gasteiger charge is 2.23. The number of benzene rings is 2. The number of carbonyl (C=O) groups is 1. The van der Waals surface area contributed by atoms with Gasteiger partial charge in [0.1, 0.15) is 23.0 Å². The fraction of sp³-hybridized carbons (Fsp3) is 0.552. The molecule has 0 fully saturated rings. The van der Waals surface area contributed by atoms with E-state index in [1.54, 1.807) is 25.3 Å². The van der Waals surface area contributed by atoms with Crippen molar-refractivity contribution in [3.8, 4) is 23.0 Å². The van der Waals surface area contributed by atoms with E-state index >= 15 is 0 Å². The third-order valence-corrected chi connectivity index (χ3v) is 7.26. The molecule has 1 atom stereocenters. The van der Waals surface area contributed by atoms with Gasteiger partial charge in [0.15, 0.2) is 5.52 Å². The number of rotatable bonds is 19. The van der Waals surface area contributed by atoms with Crippen molar-refractivity contribution in [2.45, 2.75) is 78.6 Å². The highest BCUT2D eigenvalue weighted by Crippen LogP contribution is 2.38. The van der Waals surface area contributed by atoms with Crippen LogP contribution in [0, 0.1) is 0 Å². The van der Waals surface area contributed by atoms with Gasteiger partial charge in [-0.05, 0) is 40.0 Å². The summed E-state index contributed by atoms with van der Waals surface area (Å²) in [6, 6.07) is 9.03. The Morgan fingerprint density at radius 1 is 0.778 bits per heavy atom. The first-order chi connectivity index (χ1) is 17.5. The first-order valence-corrected chi connectivity index (χ1v) is 14.6.